The molecule has 26 heavy (non-hydrogen) atoms. The van der Waals surface area contributed by atoms with Crippen LogP contribution in [-0.2, 0) is 9.59 Å². The Balaban J connectivity index is 1.71. The van der Waals surface area contributed by atoms with Gasteiger partial charge in [0.2, 0.25) is 11.8 Å². The van der Waals surface area contributed by atoms with Crippen molar-refractivity contribution in [1.29, 1.82) is 0 Å². The van der Waals surface area contributed by atoms with Crippen LogP contribution in [-0.4, -0.2) is 24.6 Å². The number of ether oxygens (including phenoxy) is 1. The molecule has 2 aromatic carbocycles. The van der Waals surface area contributed by atoms with Crippen molar-refractivity contribution < 1.29 is 14.3 Å². The van der Waals surface area contributed by atoms with Crippen molar-refractivity contribution in [3.05, 3.63) is 59.7 Å². The van der Waals surface area contributed by atoms with Crippen LogP contribution in [0, 0.1) is 6.92 Å². The van der Waals surface area contributed by atoms with Gasteiger partial charge >= 0.3 is 0 Å². The molecule has 0 aromatic heterocycles. The summed E-state index contributed by atoms with van der Waals surface area (Å²) in [7, 11) is 0. The molecule has 0 atom stereocenters. The predicted octanol–water partition coefficient (Wildman–Crippen LogP) is 3.26. The maximum atomic E-state index is 11.9. The van der Waals surface area contributed by atoms with Crippen LogP contribution in [0.4, 0.5) is 5.69 Å². The Morgan fingerprint density at radius 3 is 2.50 bits per heavy atom. The van der Waals surface area contributed by atoms with Gasteiger partial charge in [-0.15, -0.1) is 0 Å². The molecule has 2 N–H and O–H groups in total. The van der Waals surface area contributed by atoms with Crippen LogP contribution in [0.5, 0.6) is 5.75 Å². The summed E-state index contributed by atoms with van der Waals surface area (Å²) in [5, 5.41) is 6.64. The minimum Gasteiger partial charge on any atom is -0.494 e. The lowest BCUT2D eigenvalue weighted by Crippen LogP contribution is -2.20. The monoisotopic (exact) mass is 353 g/mol. The first-order valence-electron chi connectivity index (χ1n) is 8.48. The van der Waals surface area contributed by atoms with Crippen LogP contribution >= 0.6 is 0 Å². The van der Waals surface area contributed by atoms with Gasteiger partial charge in [0.1, 0.15) is 5.75 Å². The summed E-state index contributed by atoms with van der Waals surface area (Å²) in [6.45, 7) is 4.48. The largest absolute Gasteiger partial charge is 0.494 e. The highest BCUT2D eigenvalue weighted by molar-refractivity contribution is 5.93. The summed E-state index contributed by atoms with van der Waals surface area (Å²) in [6, 6.07) is 14.8. The van der Waals surface area contributed by atoms with Gasteiger partial charge in [-0.3, -0.25) is 9.59 Å². The van der Waals surface area contributed by atoms with Gasteiger partial charge in [0.15, 0.2) is 0 Å². The van der Waals surface area contributed by atoms with E-state index in [1.807, 2.05) is 38.1 Å². The van der Waals surface area contributed by atoms with Gasteiger partial charge in [-0.05, 0) is 43.7 Å². The topological polar surface area (TPSA) is 79.8 Å². The van der Waals surface area contributed by atoms with Crippen LogP contribution in [0.1, 0.15) is 30.9 Å². The van der Waals surface area contributed by atoms with Crippen LogP contribution < -0.4 is 15.5 Å². The predicted molar refractivity (Wildman–Crippen MR) is 102 cm³/mol. The Labute approximate surface area is 153 Å². The third kappa shape index (κ3) is 6.76. The number of hydrazone groups is 1. The summed E-state index contributed by atoms with van der Waals surface area (Å²) in [5.74, 6) is 0.207. The molecule has 0 bridgehead atoms. The second kappa shape index (κ2) is 9.98. The highest BCUT2D eigenvalue weighted by Gasteiger charge is 2.07. The number of aryl methyl sites for hydroxylation is 1. The average Bonchev–Trinajstić information content (AvgIpc) is 2.62. The van der Waals surface area contributed by atoms with E-state index < -0.39 is 0 Å². The number of rotatable bonds is 8. The van der Waals surface area contributed by atoms with Gasteiger partial charge in [-0.2, -0.15) is 5.10 Å². The fraction of sp³-hybridized carbons (Fsp3) is 0.250. The molecular formula is C20H23N3O3. The lowest BCUT2D eigenvalue weighted by Gasteiger charge is -2.07. The van der Waals surface area contributed by atoms with Gasteiger partial charge in [-0.1, -0.05) is 29.8 Å². The molecule has 6 nitrogen and oxygen atoms in total. The molecule has 0 fully saturated rings. The highest BCUT2D eigenvalue weighted by Crippen LogP contribution is 2.15. The van der Waals surface area contributed by atoms with E-state index in [4.69, 9.17) is 4.74 Å². The third-order valence-electron chi connectivity index (χ3n) is 3.47. The zero-order valence-corrected chi connectivity index (χ0v) is 15.0. The van der Waals surface area contributed by atoms with Crippen molar-refractivity contribution in [1.82, 2.24) is 5.43 Å². The maximum Gasteiger partial charge on any atom is 0.240 e. The molecule has 0 heterocycles. The molecule has 2 rings (SSSR count). The van der Waals surface area contributed by atoms with Crippen LogP contribution in [0.2, 0.25) is 0 Å². The van der Waals surface area contributed by atoms with Gasteiger partial charge in [0.25, 0.3) is 0 Å². The second-order valence-corrected chi connectivity index (χ2v) is 5.71. The number of anilines is 1. The van der Waals surface area contributed by atoms with Gasteiger partial charge in [0, 0.05) is 18.5 Å². The molecule has 2 aromatic rings. The molecule has 0 unspecified atom stereocenters. The summed E-state index contributed by atoms with van der Waals surface area (Å²) in [6.07, 6.45) is 1.72. The molecular weight excluding hydrogens is 330 g/mol. The van der Waals surface area contributed by atoms with E-state index in [0.717, 1.165) is 16.9 Å². The summed E-state index contributed by atoms with van der Waals surface area (Å²) >= 11 is 0. The Morgan fingerprint density at radius 1 is 1.08 bits per heavy atom. The maximum absolute atomic E-state index is 11.9. The number of nitrogens with zero attached hydrogens (tertiary/aromatic N) is 1. The molecule has 2 amide bonds. The number of hydrogen-bond donors (Lipinski definition) is 2. The van der Waals surface area contributed by atoms with Crippen LogP contribution in [0.15, 0.2) is 53.6 Å². The number of amides is 2. The van der Waals surface area contributed by atoms with E-state index in [0.29, 0.717) is 12.3 Å². The average molecular weight is 353 g/mol. The molecule has 0 aliphatic carbocycles. The van der Waals surface area contributed by atoms with Crippen molar-refractivity contribution >= 4 is 23.7 Å². The summed E-state index contributed by atoms with van der Waals surface area (Å²) < 4.78 is 5.34. The third-order valence-corrected chi connectivity index (χ3v) is 3.47. The Hall–Kier alpha value is -3.15. The first-order valence-corrected chi connectivity index (χ1v) is 8.48. The standard InChI is InChI=1S/C20H23N3O3/c1-3-26-18-9-7-17(8-10-18)22-19(24)11-12-20(25)23-21-14-16-6-4-5-15(2)13-16/h4-10,13-14H,3,11-12H2,1-2H3,(H,22,24)(H,23,25). The number of carbonyl (C=O) groups excluding carboxylic acids is 2. The first kappa shape index (κ1) is 19.2. The van der Waals surface area contributed by atoms with E-state index in [9.17, 15) is 9.59 Å². The first-order chi connectivity index (χ1) is 12.6. The van der Waals surface area contributed by atoms with Crippen molar-refractivity contribution in [2.24, 2.45) is 5.10 Å². The van der Waals surface area contributed by atoms with Crippen molar-refractivity contribution in [3.8, 4) is 5.75 Å². The fourth-order valence-electron chi connectivity index (χ4n) is 2.24. The number of benzene rings is 2. The zero-order valence-electron chi connectivity index (χ0n) is 15.0. The molecule has 6 heteroatoms. The molecule has 0 saturated carbocycles. The molecule has 0 aliphatic heterocycles. The zero-order chi connectivity index (χ0) is 18.8. The molecule has 0 saturated heterocycles. The summed E-state index contributed by atoms with van der Waals surface area (Å²) in [4.78, 5) is 23.7. The van der Waals surface area contributed by atoms with Crippen molar-refractivity contribution in [3.63, 3.8) is 0 Å². The lowest BCUT2D eigenvalue weighted by atomic mass is 10.2. The van der Waals surface area contributed by atoms with E-state index >= 15 is 0 Å². The Morgan fingerprint density at radius 2 is 1.81 bits per heavy atom. The van der Waals surface area contributed by atoms with Crippen LogP contribution in [0.3, 0.4) is 0 Å². The molecule has 0 aliphatic rings. The number of hydrogen-bond acceptors (Lipinski definition) is 4. The summed E-state index contributed by atoms with van der Waals surface area (Å²) in [5.41, 5.74) is 5.11. The molecule has 0 spiro atoms. The quantitative estimate of drug-likeness (QED) is 0.565. The van der Waals surface area contributed by atoms with Gasteiger partial charge in [0.05, 0.1) is 12.8 Å². The normalized spacial score (nSPS) is 10.5. The van der Waals surface area contributed by atoms with Crippen molar-refractivity contribution in [2.75, 3.05) is 11.9 Å². The minimum absolute atomic E-state index is 0.0635. The van der Waals surface area contributed by atoms with E-state index in [1.54, 1.807) is 30.5 Å². The van der Waals surface area contributed by atoms with Gasteiger partial charge < -0.3 is 10.1 Å². The number of carbonyl (C=O) groups is 2. The van der Waals surface area contributed by atoms with E-state index in [1.165, 1.54) is 0 Å². The van der Waals surface area contributed by atoms with E-state index in [2.05, 4.69) is 15.8 Å². The van der Waals surface area contributed by atoms with Gasteiger partial charge in [-0.25, -0.2) is 5.43 Å². The smallest absolute Gasteiger partial charge is 0.240 e. The number of nitrogens with one attached hydrogen (secondary N) is 2. The Bertz CT molecular complexity index is 770. The van der Waals surface area contributed by atoms with E-state index in [-0.39, 0.29) is 24.7 Å². The fourth-order valence-corrected chi connectivity index (χ4v) is 2.24. The highest BCUT2D eigenvalue weighted by atomic mass is 16.5. The minimum atomic E-state index is -0.309. The van der Waals surface area contributed by atoms with Crippen LogP contribution in [0.25, 0.3) is 0 Å². The van der Waals surface area contributed by atoms with Crippen molar-refractivity contribution in [2.45, 2.75) is 26.7 Å². The lowest BCUT2D eigenvalue weighted by molar-refractivity contribution is -0.124. The second-order valence-electron chi connectivity index (χ2n) is 5.71. The molecule has 136 valence electrons. The SMILES string of the molecule is CCOc1ccc(NC(=O)CCC(=O)NN=Cc2cccc(C)c2)cc1. The Kier molecular flexibility index (Phi) is 7.36. The molecule has 0 radical (unpaired) electrons.